The Balaban J connectivity index is 1.47. The molecule has 1 aromatic carbocycles. The maximum absolute atomic E-state index is 12.2. The number of rotatable bonds is 6. The minimum atomic E-state index is 0.119. The van der Waals surface area contributed by atoms with E-state index in [1.807, 2.05) is 35.7 Å². The Morgan fingerprint density at radius 3 is 3.00 bits per heavy atom. The van der Waals surface area contributed by atoms with Crippen LogP contribution in [0.2, 0.25) is 0 Å². The number of thiazole rings is 1. The molecule has 1 amide bonds. The van der Waals surface area contributed by atoms with Crippen LogP contribution in [0.3, 0.4) is 0 Å². The van der Waals surface area contributed by atoms with Crippen molar-refractivity contribution in [2.75, 3.05) is 6.61 Å². The molecule has 4 nitrogen and oxygen atoms in total. The van der Waals surface area contributed by atoms with Gasteiger partial charge in [0.05, 0.1) is 18.3 Å². The van der Waals surface area contributed by atoms with Gasteiger partial charge < -0.3 is 10.1 Å². The van der Waals surface area contributed by atoms with Gasteiger partial charge in [-0.1, -0.05) is 37.3 Å². The van der Waals surface area contributed by atoms with Gasteiger partial charge in [0, 0.05) is 24.0 Å². The zero-order chi connectivity index (χ0) is 16.8. The molecule has 1 aliphatic rings. The first-order chi connectivity index (χ1) is 11.7. The molecule has 5 heteroatoms. The summed E-state index contributed by atoms with van der Waals surface area (Å²) < 4.78 is 5.67. The summed E-state index contributed by atoms with van der Waals surface area (Å²) >= 11 is 1.59. The Bertz CT molecular complexity index is 656. The van der Waals surface area contributed by atoms with E-state index in [1.54, 1.807) is 11.3 Å². The topological polar surface area (TPSA) is 51.2 Å². The van der Waals surface area contributed by atoms with Gasteiger partial charge in [-0.15, -0.1) is 11.3 Å². The smallest absolute Gasteiger partial charge is 0.220 e. The average Bonchev–Trinajstić information content (AvgIpc) is 3.10. The first-order valence-electron chi connectivity index (χ1n) is 8.62. The molecule has 1 aromatic heterocycles. The molecule has 3 rings (SSSR count). The third-order valence-electron chi connectivity index (χ3n) is 4.46. The van der Waals surface area contributed by atoms with Crippen molar-refractivity contribution in [2.24, 2.45) is 5.92 Å². The predicted octanol–water partition coefficient (Wildman–Crippen LogP) is 4.02. The van der Waals surface area contributed by atoms with E-state index in [9.17, 15) is 4.79 Å². The molecule has 0 bridgehead atoms. The summed E-state index contributed by atoms with van der Waals surface area (Å²) in [5.74, 6) is 0.563. The first-order valence-corrected chi connectivity index (χ1v) is 9.50. The minimum Gasteiger partial charge on any atom is -0.378 e. The van der Waals surface area contributed by atoms with Crippen molar-refractivity contribution in [3.8, 4) is 11.3 Å². The second-order valence-corrected chi connectivity index (χ2v) is 7.21. The molecule has 2 atom stereocenters. The number of aromatic nitrogens is 1. The number of nitrogens with one attached hydrogen (secondary N) is 1. The second kappa shape index (κ2) is 8.40. The van der Waals surface area contributed by atoms with Crippen LogP contribution in [0.15, 0.2) is 35.7 Å². The number of ether oxygens (including phenoxy) is 1. The van der Waals surface area contributed by atoms with Gasteiger partial charge in [0.1, 0.15) is 5.01 Å². The van der Waals surface area contributed by atoms with Crippen LogP contribution in [0.4, 0.5) is 0 Å². The van der Waals surface area contributed by atoms with Gasteiger partial charge in [-0.05, 0) is 25.2 Å². The Kier molecular flexibility index (Phi) is 5.99. The van der Waals surface area contributed by atoms with Crippen LogP contribution >= 0.6 is 11.3 Å². The molecular formula is C19H24N2O2S. The maximum atomic E-state index is 12.2. The third kappa shape index (κ3) is 4.65. The summed E-state index contributed by atoms with van der Waals surface area (Å²) in [6, 6.07) is 10.1. The summed E-state index contributed by atoms with van der Waals surface area (Å²) in [4.78, 5) is 16.8. The lowest BCUT2D eigenvalue weighted by atomic mass is 9.91. The Labute approximate surface area is 147 Å². The van der Waals surface area contributed by atoms with Gasteiger partial charge in [0.2, 0.25) is 5.91 Å². The van der Waals surface area contributed by atoms with E-state index in [0.29, 0.717) is 25.0 Å². The molecule has 128 valence electrons. The van der Waals surface area contributed by atoms with Crippen molar-refractivity contribution in [3.05, 3.63) is 40.7 Å². The standard InChI is InChI=1S/C19H24N2O2S/c1-2-16-10-14(8-9-23-16)11-18(22)20-12-19-21-17(13-24-19)15-6-4-3-5-7-15/h3-7,13-14,16H,2,8-12H2,1H3,(H,20,22)/t14-,16-/m1/s1. The molecule has 0 spiro atoms. The van der Waals surface area contributed by atoms with Crippen molar-refractivity contribution in [2.45, 2.75) is 45.3 Å². The zero-order valence-electron chi connectivity index (χ0n) is 14.0. The zero-order valence-corrected chi connectivity index (χ0v) is 14.8. The number of benzene rings is 1. The van der Waals surface area contributed by atoms with E-state index in [2.05, 4.69) is 17.2 Å². The fourth-order valence-corrected chi connectivity index (χ4v) is 3.81. The summed E-state index contributed by atoms with van der Waals surface area (Å²) in [5.41, 5.74) is 2.08. The molecule has 1 N–H and O–H groups in total. The van der Waals surface area contributed by atoms with Crippen LogP contribution in [0, 0.1) is 5.92 Å². The maximum Gasteiger partial charge on any atom is 0.220 e. The molecule has 24 heavy (non-hydrogen) atoms. The third-order valence-corrected chi connectivity index (χ3v) is 5.31. The fraction of sp³-hybridized carbons (Fsp3) is 0.474. The lowest BCUT2D eigenvalue weighted by Crippen LogP contribution is -2.30. The lowest BCUT2D eigenvalue weighted by molar-refractivity contribution is -0.123. The molecule has 1 aliphatic heterocycles. The number of amides is 1. The molecule has 2 heterocycles. The molecular weight excluding hydrogens is 320 g/mol. The highest BCUT2D eigenvalue weighted by molar-refractivity contribution is 7.09. The predicted molar refractivity (Wildman–Crippen MR) is 96.8 cm³/mol. The molecule has 0 unspecified atom stereocenters. The van der Waals surface area contributed by atoms with Crippen LogP contribution in [-0.4, -0.2) is 23.6 Å². The van der Waals surface area contributed by atoms with Crippen molar-refractivity contribution < 1.29 is 9.53 Å². The number of carbonyl (C=O) groups is 1. The van der Waals surface area contributed by atoms with Gasteiger partial charge >= 0.3 is 0 Å². The SMILES string of the molecule is CC[C@@H]1C[C@H](CC(=O)NCc2nc(-c3ccccc3)cs2)CCO1. The fourth-order valence-electron chi connectivity index (χ4n) is 3.07. The normalized spacial score (nSPS) is 20.7. The van der Waals surface area contributed by atoms with Crippen LogP contribution in [-0.2, 0) is 16.1 Å². The number of nitrogens with zero attached hydrogens (tertiary/aromatic N) is 1. The van der Waals surface area contributed by atoms with Crippen LogP contribution in [0.1, 0.15) is 37.6 Å². The highest BCUT2D eigenvalue weighted by Crippen LogP contribution is 2.25. The van der Waals surface area contributed by atoms with E-state index in [1.165, 1.54) is 0 Å². The molecule has 0 radical (unpaired) electrons. The monoisotopic (exact) mass is 344 g/mol. The molecule has 2 aromatic rings. The largest absolute Gasteiger partial charge is 0.378 e. The van der Waals surface area contributed by atoms with Crippen molar-refractivity contribution in [1.29, 1.82) is 0 Å². The summed E-state index contributed by atoms with van der Waals surface area (Å²) in [7, 11) is 0. The number of hydrogen-bond donors (Lipinski definition) is 1. The molecule has 1 saturated heterocycles. The Morgan fingerprint density at radius 1 is 1.38 bits per heavy atom. The molecule has 0 aliphatic carbocycles. The van der Waals surface area contributed by atoms with Crippen LogP contribution < -0.4 is 5.32 Å². The highest BCUT2D eigenvalue weighted by atomic mass is 32.1. The van der Waals surface area contributed by atoms with Gasteiger partial charge in [0.15, 0.2) is 0 Å². The van der Waals surface area contributed by atoms with Crippen molar-refractivity contribution >= 4 is 17.2 Å². The first kappa shape index (κ1) is 17.1. The van der Waals surface area contributed by atoms with Gasteiger partial charge in [-0.25, -0.2) is 4.98 Å². The van der Waals surface area contributed by atoms with Crippen LogP contribution in [0.5, 0.6) is 0 Å². The van der Waals surface area contributed by atoms with Crippen molar-refractivity contribution in [1.82, 2.24) is 10.3 Å². The second-order valence-electron chi connectivity index (χ2n) is 6.26. The number of carbonyl (C=O) groups excluding carboxylic acids is 1. The van der Waals surface area contributed by atoms with E-state index >= 15 is 0 Å². The van der Waals surface area contributed by atoms with E-state index < -0.39 is 0 Å². The highest BCUT2D eigenvalue weighted by Gasteiger charge is 2.23. The Hall–Kier alpha value is -1.72. The van der Waals surface area contributed by atoms with Crippen LogP contribution in [0.25, 0.3) is 11.3 Å². The van der Waals surface area contributed by atoms with E-state index in [0.717, 1.165) is 42.1 Å². The average molecular weight is 344 g/mol. The quantitative estimate of drug-likeness (QED) is 0.861. The minimum absolute atomic E-state index is 0.119. The molecule has 0 saturated carbocycles. The van der Waals surface area contributed by atoms with Gasteiger partial charge in [-0.3, -0.25) is 4.79 Å². The van der Waals surface area contributed by atoms with Crippen molar-refractivity contribution in [3.63, 3.8) is 0 Å². The summed E-state index contributed by atoms with van der Waals surface area (Å²) in [6.07, 6.45) is 3.93. The van der Waals surface area contributed by atoms with Gasteiger partial charge in [-0.2, -0.15) is 0 Å². The van der Waals surface area contributed by atoms with Gasteiger partial charge in [0.25, 0.3) is 0 Å². The summed E-state index contributed by atoms with van der Waals surface area (Å²) in [6.45, 7) is 3.43. The van der Waals surface area contributed by atoms with E-state index in [-0.39, 0.29) is 5.91 Å². The Morgan fingerprint density at radius 2 is 2.21 bits per heavy atom. The molecule has 1 fully saturated rings. The lowest BCUT2D eigenvalue weighted by Gasteiger charge is -2.28. The summed E-state index contributed by atoms with van der Waals surface area (Å²) in [5, 5.41) is 6.00. The number of hydrogen-bond acceptors (Lipinski definition) is 4. The van der Waals surface area contributed by atoms with E-state index in [4.69, 9.17) is 4.74 Å².